The molecule has 0 unspecified atom stereocenters. The summed E-state index contributed by atoms with van der Waals surface area (Å²) in [5.74, 6) is -1.11. The molecule has 0 bridgehead atoms. The molecule has 0 radical (unpaired) electrons. The monoisotopic (exact) mass is 379 g/mol. The molecule has 0 aliphatic carbocycles. The highest BCUT2D eigenvalue weighted by molar-refractivity contribution is 6.01. The summed E-state index contributed by atoms with van der Waals surface area (Å²) in [5.41, 5.74) is 1.59. The average molecular weight is 379 g/mol. The summed E-state index contributed by atoms with van der Waals surface area (Å²) >= 11 is 0. The molecule has 7 nitrogen and oxygen atoms in total. The first-order valence-electron chi connectivity index (χ1n) is 8.80. The summed E-state index contributed by atoms with van der Waals surface area (Å²) in [6, 6.07) is 15.2. The van der Waals surface area contributed by atoms with Gasteiger partial charge in [0, 0.05) is 25.6 Å². The van der Waals surface area contributed by atoms with Crippen LogP contribution in [0.5, 0.6) is 0 Å². The molecule has 1 N–H and O–H groups in total. The average Bonchev–Trinajstić information content (AvgIpc) is 2.68. The van der Waals surface area contributed by atoms with E-state index in [1.54, 1.807) is 55.5 Å². The molecule has 0 aliphatic rings. The van der Waals surface area contributed by atoms with Crippen molar-refractivity contribution in [1.82, 2.24) is 0 Å². The molecule has 0 aromatic heterocycles. The lowest BCUT2D eigenvalue weighted by molar-refractivity contribution is -0.117. The van der Waals surface area contributed by atoms with E-state index in [1.807, 2.05) is 6.07 Å². The van der Waals surface area contributed by atoms with Crippen LogP contribution in [0.2, 0.25) is 0 Å². The molecule has 2 aromatic rings. The van der Waals surface area contributed by atoms with E-state index in [-0.39, 0.29) is 37.0 Å². The van der Waals surface area contributed by atoms with Gasteiger partial charge in [-0.2, -0.15) is 5.26 Å². The zero-order chi connectivity index (χ0) is 20.5. The number of para-hydroxylation sites is 1. The third-order valence-corrected chi connectivity index (χ3v) is 3.93. The number of carbonyl (C=O) groups is 3. The summed E-state index contributed by atoms with van der Waals surface area (Å²) < 4.78 is 4.99. The lowest BCUT2D eigenvalue weighted by Gasteiger charge is -2.21. The summed E-state index contributed by atoms with van der Waals surface area (Å²) in [6.45, 7) is 3.47. The van der Waals surface area contributed by atoms with E-state index in [9.17, 15) is 14.4 Å². The van der Waals surface area contributed by atoms with Gasteiger partial charge in [-0.15, -0.1) is 0 Å². The van der Waals surface area contributed by atoms with Crippen LogP contribution in [0.4, 0.5) is 11.4 Å². The molecular weight excluding hydrogens is 358 g/mol. The molecule has 0 aliphatic heterocycles. The van der Waals surface area contributed by atoms with E-state index >= 15 is 0 Å². The maximum atomic E-state index is 12.4. The van der Waals surface area contributed by atoms with Crippen LogP contribution >= 0.6 is 0 Å². The van der Waals surface area contributed by atoms with Crippen molar-refractivity contribution in [1.29, 1.82) is 5.26 Å². The second-order valence-corrected chi connectivity index (χ2v) is 5.90. The summed E-state index contributed by atoms with van der Waals surface area (Å²) in [6.07, 6.45) is 0.0214. The van der Waals surface area contributed by atoms with Gasteiger partial charge >= 0.3 is 5.97 Å². The number of nitrogens with zero attached hydrogens (tertiary/aromatic N) is 2. The standard InChI is InChI=1S/C21H21N3O4/c1-3-28-21(27)18-9-4-5-10-19(18)23-20(26)11-12-24(15(2)25)17-8-6-7-16(13-17)14-22/h4-10,13H,3,11-12H2,1-2H3,(H,23,26). The fourth-order valence-electron chi connectivity index (χ4n) is 2.62. The third kappa shape index (κ3) is 5.42. The quantitative estimate of drug-likeness (QED) is 0.745. The Hall–Kier alpha value is -3.66. The van der Waals surface area contributed by atoms with Crippen molar-refractivity contribution >= 4 is 29.2 Å². The smallest absolute Gasteiger partial charge is 0.340 e. The van der Waals surface area contributed by atoms with Crippen LogP contribution in [-0.2, 0) is 14.3 Å². The first-order chi connectivity index (χ1) is 13.5. The molecule has 0 saturated carbocycles. The number of benzene rings is 2. The maximum absolute atomic E-state index is 12.4. The Morgan fingerprint density at radius 1 is 1.14 bits per heavy atom. The van der Waals surface area contributed by atoms with Gasteiger partial charge in [0.05, 0.1) is 29.5 Å². The second-order valence-electron chi connectivity index (χ2n) is 5.90. The van der Waals surface area contributed by atoms with Crippen LogP contribution in [0.15, 0.2) is 48.5 Å². The summed E-state index contributed by atoms with van der Waals surface area (Å²) in [7, 11) is 0. The fraction of sp³-hybridized carbons (Fsp3) is 0.238. The molecule has 0 heterocycles. The first kappa shape index (κ1) is 20.6. The number of hydrogen-bond acceptors (Lipinski definition) is 5. The van der Waals surface area contributed by atoms with Gasteiger partial charge in [-0.05, 0) is 37.3 Å². The van der Waals surface area contributed by atoms with Crippen molar-refractivity contribution in [2.45, 2.75) is 20.3 Å². The van der Waals surface area contributed by atoms with Crippen molar-refractivity contribution in [3.63, 3.8) is 0 Å². The highest BCUT2D eigenvalue weighted by Crippen LogP contribution is 2.19. The zero-order valence-electron chi connectivity index (χ0n) is 15.8. The van der Waals surface area contributed by atoms with Gasteiger partial charge in [0.2, 0.25) is 11.8 Å². The van der Waals surface area contributed by atoms with Crippen LogP contribution in [0.1, 0.15) is 36.2 Å². The molecule has 7 heteroatoms. The highest BCUT2D eigenvalue weighted by Gasteiger charge is 2.17. The lowest BCUT2D eigenvalue weighted by Crippen LogP contribution is -2.32. The SMILES string of the molecule is CCOC(=O)c1ccccc1NC(=O)CCN(C(C)=O)c1cccc(C#N)c1. The van der Waals surface area contributed by atoms with Gasteiger partial charge in [-0.3, -0.25) is 9.59 Å². The second kappa shape index (κ2) is 9.88. The molecule has 144 valence electrons. The van der Waals surface area contributed by atoms with Crippen molar-refractivity contribution in [2.75, 3.05) is 23.4 Å². The number of carbonyl (C=O) groups excluding carboxylic acids is 3. The number of ether oxygens (including phenoxy) is 1. The van der Waals surface area contributed by atoms with E-state index in [1.165, 1.54) is 11.8 Å². The van der Waals surface area contributed by atoms with Crippen molar-refractivity contribution in [2.24, 2.45) is 0 Å². The highest BCUT2D eigenvalue weighted by atomic mass is 16.5. The normalized spacial score (nSPS) is 9.89. The van der Waals surface area contributed by atoms with Crippen LogP contribution in [0.3, 0.4) is 0 Å². The molecule has 0 saturated heterocycles. The first-order valence-corrected chi connectivity index (χ1v) is 8.80. The van der Waals surface area contributed by atoms with E-state index in [2.05, 4.69) is 5.32 Å². The molecule has 0 spiro atoms. The molecule has 2 aromatic carbocycles. The molecule has 0 atom stereocenters. The predicted molar refractivity (Wildman–Crippen MR) is 105 cm³/mol. The van der Waals surface area contributed by atoms with Gasteiger partial charge in [-0.1, -0.05) is 18.2 Å². The molecule has 2 rings (SSSR count). The third-order valence-electron chi connectivity index (χ3n) is 3.93. The predicted octanol–water partition coefficient (Wildman–Crippen LogP) is 3.12. The van der Waals surface area contributed by atoms with Crippen LogP contribution < -0.4 is 10.2 Å². The van der Waals surface area contributed by atoms with Crippen LogP contribution in [0.25, 0.3) is 0 Å². The minimum Gasteiger partial charge on any atom is -0.462 e. The van der Waals surface area contributed by atoms with Crippen LogP contribution in [-0.4, -0.2) is 30.9 Å². The number of nitriles is 1. The van der Waals surface area contributed by atoms with E-state index in [4.69, 9.17) is 10.00 Å². The number of nitrogens with one attached hydrogen (secondary N) is 1. The van der Waals surface area contributed by atoms with E-state index < -0.39 is 5.97 Å². The zero-order valence-corrected chi connectivity index (χ0v) is 15.8. The summed E-state index contributed by atoms with van der Waals surface area (Å²) in [4.78, 5) is 37.8. The Labute approximate surface area is 163 Å². The topological polar surface area (TPSA) is 99.5 Å². The maximum Gasteiger partial charge on any atom is 0.340 e. The Balaban J connectivity index is 2.07. The Kier molecular flexibility index (Phi) is 7.28. The van der Waals surface area contributed by atoms with Crippen molar-refractivity contribution in [3.05, 3.63) is 59.7 Å². The Morgan fingerprint density at radius 3 is 2.57 bits per heavy atom. The molecular formula is C21H21N3O4. The Bertz CT molecular complexity index is 918. The number of anilines is 2. The van der Waals surface area contributed by atoms with Crippen LogP contribution in [0, 0.1) is 11.3 Å². The number of amides is 2. The molecule has 28 heavy (non-hydrogen) atoms. The Morgan fingerprint density at radius 2 is 1.89 bits per heavy atom. The number of hydrogen-bond donors (Lipinski definition) is 1. The minimum absolute atomic E-state index is 0.0214. The van der Waals surface area contributed by atoms with E-state index in [0.717, 1.165) is 0 Å². The molecule has 2 amide bonds. The lowest BCUT2D eigenvalue weighted by atomic mass is 10.1. The van der Waals surface area contributed by atoms with E-state index in [0.29, 0.717) is 16.9 Å². The van der Waals surface area contributed by atoms with Gasteiger partial charge in [-0.25, -0.2) is 4.79 Å². The van der Waals surface area contributed by atoms with Gasteiger partial charge < -0.3 is 15.0 Å². The number of esters is 1. The fourth-order valence-corrected chi connectivity index (χ4v) is 2.62. The van der Waals surface area contributed by atoms with Crippen molar-refractivity contribution < 1.29 is 19.1 Å². The summed E-state index contributed by atoms with van der Waals surface area (Å²) in [5, 5.41) is 11.7. The molecule has 0 fully saturated rings. The largest absolute Gasteiger partial charge is 0.462 e. The van der Waals surface area contributed by atoms with Crippen molar-refractivity contribution in [3.8, 4) is 6.07 Å². The van der Waals surface area contributed by atoms with Gasteiger partial charge in [0.25, 0.3) is 0 Å². The minimum atomic E-state index is -0.517. The number of rotatable bonds is 7. The van der Waals surface area contributed by atoms with Gasteiger partial charge in [0.1, 0.15) is 0 Å². The van der Waals surface area contributed by atoms with Gasteiger partial charge in [0.15, 0.2) is 0 Å².